The second-order valence-electron chi connectivity index (χ2n) is 5.97. The van der Waals surface area contributed by atoms with Crippen LogP contribution in [0.2, 0.25) is 0 Å². The number of hydrogen-bond acceptors (Lipinski definition) is 5. The number of carbonyl (C=O) groups is 1. The molecule has 27 heavy (non-hydrogen) atoms. The third kappa shape index (κ3) is 4.11. The predicted molar refractivity (Wildman–Crippen MR) is 106 cm³/mol. The zero-order valence-electron chi connectivity index (χ0n) is 14.8. The van der Waals surface area contributed by atoms with Crippen molar-refractivity contribution in [3.05, 3.63) is 69.8 Å². The smallest absolute Gasteiger partial charge is 0.270 e. The minimum Gasteiger partial charge on any atom is -0.309 e. The van der Waals surface area contributed by atoms with Gasteiger partial charge in [-0.1, -0.05) is 37.3 Å². The molecule has 0 bridgehead atoms. The number of benzodiazepines with no additional fused rings is 1. The van der Waals surface area contributed by atoms with Crippen LogP contribution in [0.15, 0.2) is 53.5 Å². The highest BCUT2D eigenvalue weighted by atomic mass is 32.2. The van der Waals surface area contributed by atoms with Gasteiger partial charge in [0.25, 0.3) is 5.69 Å². The molecular formula is C19H19N3O4S. The summed E-state index contributed by atoms with van der Waals surface area (Å²) in [5, 5.41) is 11.3. The number of aliphatic imine (C=N–C) groups is 1. The van der Waals surface area contributed by atoms with Gasteiger partial charge >= 0.3 is 0 Å². The van der Waals surface area contributed by atoms with E-state index in [0.717, 1.165) is 5.56 Å². The van der Waals surface area contributed by atoms with Gasteiger partial charge in [0.2, 0.25) is 5.91 Å². The van der Waals surface area contributed by atoms with Crippen molar-refractivity contribution in [2.45, 2.75) is 6.92 Å². The summed E-state index contributed by atoms with van der Waals surface area (Å²) in [6.45, 7) is 2.04. The Morgan fingerprint density at radius 1 is 1.22 bits per heavy atom. The maximum atomic E-state index is 12.7. The molecule has 1 heterocycles. The van der Waals surface area contributed by atoms with Crippen LogP contribution in [0.25, 0.3) is 0 Å². The Kier molecular flexibility index (Phi) is 5.75. The van der Waals surface area contributed by atoms with Gasteiger partial charge in [0.15, 0.2) is 0 Å². The number of benzene rings is 2. The van der Waals surface area contributed by atoms with E-state index in [1.807, 2.05) is 37.3 Å². The molecule has 8 heteroatoms. The van der Waals surface area contributed by atoms with E-state index in [1.165, 1.54) is 17.0 Å². The predicted octanol–water partition coefficient (Wildman–Crippen LogP) is 2.55. The molecule has 7 nitrogen and oxygen atoms in total. The molecule has 0 spiro atoms. The molecule has 0 aromatic heterocycles. The number of nitro groups is 1. The summed E-state index contributed by atoms with van der Waals surface area (Å²) in [5.41, 5.74) is 2.35. The van der Waals surface area contributed by atoms with Crippen molar-refractivity contribution in [1.82, 2.24) is 0 Å². The topological polar surface area (TPSA) is 92.9 Å². The Bertz CT molecular complexity index is 928. The molecule has 1 amide bonds. The fourth-order valence-electron chi connectivity index (χ4n) is 2.94. The van der Waals surface area contributed by atoms with Crippen molar-refractivity contribution in [3.63, 3.8) is 0 Å². The third-order valence-electron chi connectivity index (χ3n) is 4.32. The van der Waals surface area contributed by atoms with E-state index in [9.17, 15) is 19.1 Å². The van der Waals surface area contributed by atoms with E-state index in [1.54, 1.807) is 6.07 Å². The van der Waals surface area contributed by atoms with Crippen LogP contribution >= 0.6 is 0 Å². The lowest BCUT2D eigenvalue weighted by Crippen LogP contribution is -2.36. The molecule has 0 radical (unpaired) electrons. The van der Waals surface area contributed by atoms with Crippen LogP contribution < -0.4 is 4.90 Å². The van der Waals surface area contributed by atoms with E-state index in [0.29, 0.717) is 28.5 Å². The summed E-state index contributed by atoms with van der Waals surface area (Å²) in [7, 11) is -1.02. The molecule has 2 aromatic carbocycles. The van der Waals surface area contributed by atoms with E-state index in [-0.39, 0.29) is 24.7 Å². The van der Waals surface area contributed by atoms with Gasteiger partial charge in [0.1, 0.15) is 6.54 Å². The minimum absolute atomic E-state index is 0.0640. The van der Waals surface area contributed by atoms with Gasteiger partial charge < -0.3 is 4.90 Å². The monoisotopic (exact) mass is 385 g/mol. The Hall–Kier alpha value is -2.87. The maximum absolute atomic E-state index is 12.7. The van der Waals surface area contributed by atoms with Crippen molar-refractivity contribution >= 4 is 33.8 Å². The molecule has 0 aliphatic carbocycles. The number of hydrogen-bond donors (Lipinski definition) is 0. The van der Waals surface area contributed by atoms with E-state index in [2.05, 4.69) is 4.99 Å². The third-order valence-corrected chi connectivity index (χ3v) is 5.60. The van der Waals surface area contributed by atoms with Crippen LogP contribution in [0, 0.1) is 10.1 Å². The van der Waals surface area contributed by atoms with Gasteiger partial charge in [0, 0.05) is 52.1 Å². The molecule has 0 fully saturated rings. The van der Waals surface area contributed by atoms with Crippen LogP contribution in [0.4, 0.5) is 11.4 Å². The number of nitrogens with zero attached hydrogens (tertiary/aromatic N) is 3. The maximum Gasteiger partial charge on any atom is 0.270 e. The summed E-state index contributed by atoms with van der Waals surface area (Å²) in [5.74, 6) is 0.643. The molecule has 3 rings (SSSR count). The lowest BCUT2D eigenvalue weighted by molar-refractivity contribution is -0.384. The number of rotatable bonds is 6. The highest BCUT2D eigenvalue weighted by Gasteiger charge is 2.27. The van der Waals surface area contributed by atoms with Crippen molar-refractivity contribution in [3.8, 4) is 0 Å². The number of anilines is 1. The standard InChI is InChI=1S/C19H19N3O4S/c1-2-27(26)11-10-21-17-9-8-15(22(24)25)12-16(17)19(20-13-18(21)23)14-6-4-3-5-7-14/h3-9,12H,2,10-11,13H2,1H3. The van der Waals surface area contributed by atoms with Crippen molar-refractivity contribution in [2.75, 3.05) is 29.5 Å². The van der Waals surface area contributed by atoms with Gasteiger partial charge in [-0.25, -0.2) is 0 Å². The van der Waals surface area contributed by atoms with E-state index < -0.39 is 15.7 Å². The Morgan fingerprint density at radius 3 is 2.63 bits per heavy atom. The summed E-state index contributed by atoms with van der Waals surface area (Å²) >= 11 is 0. The van der Waals surface area contributed by atoms with E-state index >= 15 is 0 Å². The molecule has 0 saturated heterocycles. The summed E-state index contributed by atoms with van der Waals surface area (Å²) < 4.78 is 11.8. The SMILES string of the molecule is CCS(=O)CCN1C(=O)CN=C(c2ccccc2)c2cc([N+](=O)[O-])ccc21. The molecule has 1 aliphatic rings. The highest BCUT2D eigenvalue weighted by molar-refractivity contribution is 7.84. The van der Waals surface area contributed by atoms with Gasteiger partial charge in [-0.3, -0.25) is 24.1 Å². The van der Waals surface area contributed by atoms with Crippen LogP contribution in [0.5, 0.6) is 0 Å². The zero-order chi connectivity index (χ0) is 19.4. The molecule has 2 aromatic rings. The van der Waals surface area contributed by atoms with E-state index in [4.69, 9.17) is 0 Å². The molecule has 0 saturated carbocycles. The molecule has 0 N–H and O–H groups in total. The largest absolute Gasteiger partial charge is 0.309 e. The first-order chi connectivity index (χ1) is 13.0. The van der Waals surface area contributed by atoms with Crippen LogP contribution in [0.1, 0.15) is 18.1 Å². The Labute approximate surface area is 159 Å². The van der Waals surface area contributed by atoms with Crippen molar-refractivity contribution < 1.29 is 13.9 Å². The summed E-state index contributed by atoms with van der Waals surface area (Å²) in [6.07, 6.45) is 0. The fraction of sp³-hybridized carbons (Fsp3) is 0.263. The van der Waals surface area contributed by atoms with Gasteiger partial charge in [-0.15, -0.1) is 0 Å². The fourth-order valence-corrected chi connectivity index (χ4v) is 3.61. The van der Waals surface area contributed by atoms with Gasteiger partial charge in [0.05, 0.1) is 16.3 Å². The van der Waals surface area contributed by atoms with Gasteiger partial charge in [-0.2, -0.15) is 0 Å². The van der Waals surface area contributed by atoms with Crippen LogP contribution in [-0.4, -0.2) is 45.3 Å². The number of amides is 1. The Balaban J connectivity index is 2.11. The quantitative estimate of drug-likeness (QED) is 0.564. The zero-order valence-corrected chi connectivity index (χ0v) is 15.6. The second kappa shape index (κ2) is 8.22. The minimum atomic E-state index is -1.02. The van der Waals surface area contributed by atoms with Crippen molar-refractivity contribution in [1.29, 1.82) is 0 Å². The van der Waals surface area contributed by atoms with Crippen LogP contribution in [0.3, 0.4) is 0 Å². The molecular weight excluding hydrogens is 366 g/mol. The summed E-state index contributed by atoms with van der Waals surface area (Å²) in [6, 6.07) is 13.7. The number of fused-ring (bicyclic) bond motifs is 1. The first-order valence-corrected chi connectivity index (χ1v) is 10.0. The highest BCUT2D eigenvalue weighted by Crippen LogP contribution is 2.30. The first kappa shape index (κ1) is 18.9. The number of nitro benzene ring substituents is 1. The lowest BCUT2D eigenvalue weighted by Gasteiger charge is -2.22. The number of carbonyl (C=O) groups excluding carboxylic acids is 1. The van der Waals surface area contributed by atoms with Crippen molar-refractivity contribution in [2.24, 2.45) is 4.99 Å². The molecule has 1 atom stereocenters. The Morgan fingerprint density at radius 2 is 1.96 bits per heavy atom. The van der Waals surface area contributed by atoms with Crippen LogP contribution in [-0.2, 0) is 15.6 Å². The average molecular weight is 385 g/mol. The lowest BCUT2D eigenvalue weighted by atomic mass is 9.99. The average Bonchev–Trinajstić information content (AvgIpc) is 2.82. The summed E-state index contributed by atoms with van der Waals surface area (Å²) in [4.78, 5) is 29.4. The second-order valence-corrected chi connectivity index (χ2v) is 7.83. The first-order valence-electron chi connectivity index (χ1n) is 8.55. The van der Waals surface area contributed by atoms with Gasteiger partial charge in [-0.05, 0) is 6.07 Å². The molecule has 140 valence electrons. The normalized spacial score (nSPS) is 14.9. The molecule has 1 aliphatic heterocycles. The number of non-ortho nitro benzene ring substituents is 1. The molecule has 1 unspecified atom stereocenters.